The van der Waals surface area contributed by atoms with E-state index in [4.69, 9.17) is 26.6 Å². The van der Waals surface area contributed by atoms with Crippen LogP contribution in [0.5, 0.6) is 0 Å². The number of aliphatic imine (C=N–C) groups is 3. The molecule has 27 heavy (non-hydrogen) atoms. The Morgan fingerprint density at radius 2 is 1.37 bits per heavy atom. The summed E-state index contributed by atoms with van der Waals surface area (Å²) < 4.78 is 0. The van der Waals surface area contributed by atoms with Crippen molar-refractivity contribution >= 4 is 29.0 Å². The molecule has 1 aliphatic heterocycles. The molecule has 3 nitrogen and oxygen atoms in total. The second kappa shape index (κ2) is 7.68. The molecule has 4 rings (SSSR count). The summed E-state index contributed by atoms with van der Waals surface area (Å²) in [5.41, 5.74) is 4.86. The van der Waals surface area contributed by atoms with E-state index >= 15 is 0 Å². The summed E-state index contributed by atoms with van der Waals surface area (Å²) in [5.74, 6) is 1.26. The van der Waals surface area contributed by atoms with Crippen LogP contribution in [0.1, 0.15) is 22.3 Å². The fourth-order valence-electron chi connectivity index (χ4n) is 2.99. The van der Waals surface area contributed by atoms with Crippen molar-refractivity contribution in [1.82, 2.24) is 0 Å². The maximum Gasteiger partial charge on any atom is 0.162 e. The van der Waals surface area contributed by atoms with Gasteiger partial charge in [0.1, 0.15) is 0 Å². The van der Waals surface area contributed by atoms with Crippen LogP contribution in [-0.2, 0) is 0 Å². The zero-order chi connectivity index (χ0) is 18.6. The number of nitrogens with zero attached hydrogens (tertiary/aromatic N) is 3. The monoisotopic (exact) mass is 371 g/mol. The Morgan fingerprint density at radius 3 is 2.11 bits per heavy atom. The van der Waals surface area contributed by atoms with Gasteiger partial charge < -0.3 is 0 Å². The third kappa shape index (κ3) is 3.74. The van der Waals surface area contributed by atoms with Crippen molar-refractivity contribution in [1.29, 1.82) is 0 Å². The van der Waals surface area contributed by atoms with Gasteiger partial charge in [-0.05, 0) is 30.2 Å². The summed E-state index contributed by atoms with van der Waals surface area (Å²) in [6, 6.07) is 25.9. The standard InChI is InChI=1S/C23H18ClN3/c1-16-9-5-6-12-18(16)23-26-21(17-10-3-2-4-11-17)15-25-22(27-23)19-13-7-8-14-20(19)24/h2-14H,15H2,1H3. The molecule has 1 aliphatic rings. The smallest absolute Gasteiger partial charge is 0.162 e. The minimum atomic E-state index is 0.448. The molecule has 0 aliphatic carbocycles. The molecule has 0 fully saturated rings. The van der Waals surface area contributed by atoms with Crippen LogP contribution >= 0.6 is 11.6 Å². The molecule has 0 N–H and O–H groups in total. The molecule has 132 valence electrons. The molecule has 0 atom stereocenters. The van der Waals surface area contributed by atoms with Crippen LogP contribution in [0, 0.1) is 6.92 Å². The highest BCUT2D eigenvalue weighted by Gasteiger charge is 2.16. The highest BCUT2D eigenvalue weighted by molar-refractivity contribution is 6.35. The van der Waals surface area contributed by atoms with Gasteiger partial charge in [0.05, 0.1) is 17.3 Å². The first-order valence-corrected chi connectivity index (χ1v) is 9.17. The molecular formula is C23H18ClN3. The van der Waals surface area contributed by atoms with Crippen molar-refractivity contribution in [3.8, 4) is 0 Å². The lowest BCUT2D eigenvalue weighted by Gasteiger charge is -2.07. The SMILES string of the molecule is Cc1ccccc1C1=NC(c2ccccc2Cl)=NCC(c2ccccc2)=N1. The molecule has 4 heteroatoms. The van der Waals surface area contributed by atoms with E-state index in [0.717, 1.165) is 28.0 Å². The molecule has 1 heterocycles. The molecule has 0 aromatic heterocycles. The van der Waals surface area contributed by atoms with E-state index in [1.807, 2.05) is 72.8 Å². The van der Waals surface area contributed by atoms with Crippen molar-refractivity contribution in [3.05, 3.63) is 106 Å². The lowest BCUT2D eigenvalue weighted by molar-refractivity contribution is 1.28. The van der Waals surface area contributed by atoms with E-state index in [-0.39, 0.29) is 0 Å². The maximum atomic E-state index is 6.40. The second-order valence-corrected chi connectivity index (χ2v) is 6.70. The predicted octanol–water partition coefficient (Wildman–Crippen LogP) is 5.34. The predicted molar refractivity (Wildman–Crippen MR) is 114 cm³/mol. The van der Waals surface area contributed by atoms with E-state index in [1.165, 1.54) is 0 Å². The average molecular weight is 372 g/mol. The molecule has 3 aromatic carbocycles. The summed E-state index contributed by atoms with van der Waals surface area (Å²) in [5, 5.41) is 0.632. The van der Waals surface area contributed by atoms with Gasteiger partial charge in [-0.15, -0.1) is 0 Å². The summed E-state index contributed by atoms with van der Waals surface area (Å²) in [7, 11) is 0. The van der Waals surface area contributed by atoms with E-state index in [0.29, 0.717) is 23.2 Å². The third-order valence-corrected chi connectivity index (χ3v) is 4.77. The van der Waals surface area contributed by atoms with Gasteiger partial charge in [0.15, 0.2) is 11.7 Å². The Bertz CT molecular complexity index is 1070. The normalized spacial score (nSPS) is 14.1. The third-order valence-electron chi connectivity index (χ3n) is 4.44. The van der Waals surface area contributed by atoms with E-state index in [9.17, 15) is 0 Å². The van der Waals surface area contributed by atoms with Gasteiger partial charge in [-0.2, -0.15) is 0 Å². The van der Waals surface area contributed by atoms with Crippen molar-refractivity contribution < 1.29 is 0 Å². The number of aryl methyl sites for hydroxylation is 1. The number of hydrogen-bond donors (Lipinski definition) is 0. The van der Waals surface area contributed by atoms with E-state index < -0.39 is 0 Å². The van der Waals surface area contributed by atoms with E-state index in [2.05, 4.69) is 13.0 Å². The molecule has 0 saturated carbocycles. The van der Waals surface area contributed by atoms with Crippen LogP contribution < -0.4 is 0 Å². The summed E-state index contributed by atoms with van der Waals surface area (Å²) >= 11 is 6.40. The van der Waals surface area contributed by atoms with Gasteiger partial charge in [0.25, 0.3) is 0 Å². The number of halogens is 1. The van der Waals surface area contributed by atoms with Gasteiger partial charge in [-0.3, -0.25) is 4.99 Å². The zero-order valence-corrected chi connectivity index (χ0v) is 15.7. The summed E-state index contributed by atoms with van der Waals surface area (Å²) in [6.07, 6.45) is 0. The Balaban J connectivity index is 1.88. The van der Waals surface area contributed by atoms with Gasteiger partial charge in [0, 0.05) is 11.1 Å². The first-order valence-electron chi connectivity index (χ1n) is 8.79. The van der Waals surface area contributed by atoms with Crippen LogP contribution in [0.4, 0.5) is 0 Å². The van der Waals surface area contributed by atoms with Gasteiger partial charge >= 0.3 is 0 Å². The van der Waals surface area contributed by atoms with Gasteiger partial charge in [-0.1, -0.05) is 78.3 Å². The van der Waals surface area contributed by atoms with Crippen LogP contribution in [0.2, 0.25) is 5.02 Å². The minimum absolute atomic E-state index is 0.448. The molecule has 0 bridgehead atoms. The Kier molecular flexibility index (Phi) is 4.95. The lowest BCUT2D eigenvalue weighted by atomic mass is 10.1. The molecule has 0 saturated heterocycles. The van der Waals surface area contributed by atoms with Crippen molar-refractivity contribution in [2.24, 2.45) is 15.0 Å². The molecule has 0 unspecified atom stereocenters. The number of hydrogen-bond acceptors (Lipinski definition) is 3. The molecule has 0 amide bonds. The quantitative estimate of drug-likeness (QED) is 0.595. The van der Waals surface area contributed by atoms with Crippen molar-refractivity contribution in [2.75, 3.05) is 6.54 Å². The van der Waals surface area contributed by atoms with Crippen molar-refractivity contribution in [2.45, 2.75) is 6.92 Å². The number of rotatable bonds is 3. The van der Waals surface area contributed by atoms with Gasteiger partial charge in [-0.25, -0.2) is 9.98 Å². The van der Waals surface area contributed by atoms with Crippen LogP contribution in [0.25, 0.3) is 0 Å². The zero-order valence-electron chi connectivity index (χ0n) is 14.9. The van der Waals surface area contributed by atoms with Gasteiger partial charge in [0.2, 0.25) is 0 Å². The Labute approximate surface area is 163 Å². The minimum Gasteiger partial charge on any atom is -0.260 e. The fourth-order valence-corrected chi connectivity index (χ4v) is 3.21. The maximum absolute atomic E-state index is 6.40. The first-order chi connectivity index (χ1) is 13.2. The summed E-state index contributed by atoms with van der Waals surface area (Å²) in [6.45, 7) is 2.51. The number of amidine groups is 2. The fraction of sp³-hybridized carbons (Fsp3) is 0.0870. The molecule has 0 spiro atoms. The highest BCUT2D eigenvalue weighted by Crippen LogP contribution is 2.20. The largest absolute Gasteiger partial charge is 0.260 e. The average Bonchev–Trinajstić information content (AvgIpc) is 2.93. The molecule has 3 aromatic rings. The number of benzene rings is 3. The Hall–Kier alpha value is -3.04. The lowest BCUT2D eigenvalue weighted by Crippen LogP contribution is -2.09. The highest BCUT2D eigenvalue weighted by atomic mass is 35.5. The second-order valence-electron chi connectivity index (χ2n) is 6.29. The molecule has 0 radical (unpaired) electrons. The molecular weight excluding hydrogens is 354 g/mol. The summed E-state index contributed by atoms with van der Waals surface area (Å²) in [4.78, 5) is 14.4. The first kappa shape index (κ1) is 17.4. The van der Waals surface area contributed by atoms with E-state index in [1.54, 1.807) is 0 Å². The van der Waals surface area contributed by atoms with Crippen molar-refractivity contribution in [3.63, 3.8) is 0 Å². The Morgan fingerprint density at radius 1 is 0.704 bits per heavy atom. The topological polar surface area (TPSA) is 37.1 Å². The van der Waals surface area contributed by atoms with Crippen LogP contribution in [0.3, 0.4) is 0 Å². The van der Waals surface area contributed by atoms with Crippen LogP contribution in [0.15, 0.2) is 93.8 Å². The van der Waals surface area contributed by atoms with Crippen LogP contribution in [-0.4, -0.2) is 23.9 Å².